The van der Waals surface area contributed by atoms with E-state index in [4.69, 9.17) is 4.52 Å². The first-order valence-corrected chi connectivity index (χ1v) is 8.17. The lowest BCUT2D eigenvalue weighted by Crippen LogP contribution is -1.92. The third-order valence-electron chi connectivity index (χ3n) is 3.51. The molecule has 0 radical (unpaired) electrons. The number of pyridine rings is 1. The molecule has 0 bridgehead atoms. The molecule has 4 rings (SSSR count). The van der Waals surface area contributed by atoms with Crippen LogP contribution in [0.4, 0.5) is 0 Å². The van der Waals surface area contributed by atoms with Crippen LogP contribution in [0, 0.1) is 0 Å². The van der Waals surface area contributed by atoms with Crippen LogP contribution in [-0.4, -0.2) is 19.5 Å². The summed E-state index contributed by atoms with van der Waals surface area (Å²) in [6.45, 7) is 2.04. The highest BCUT2D eigenvalue weighted by molar-refractivity contribution is 7.99. The summed E-state index contributed by atoms with van der Waals surface area (Å²) >= 11 is 1.60. The summed E-state index contributed by atoms with van der Waals surface area (Å²) < 4.78 is 7.47. The van der Waals surface area contributed by atoms with Gasteiger partial charge in [-0.2, -0.15) is 4.98 Å². The molecule has 3 heterocycles. The minimum absolute atomic E-state index is 0.0192. The monoisotopic (exact) mass is 322 g/mol. The topological polar surface area (TPSA) is 56.2 Å². The van der Waals surface area contributed by atoms with Crippen LogP contribution in [0.5, 0.6) is 0 Å². The fourth-order valence-corrected chi connectivity index (χ4v) is 3.23. The van der Waals surface area contributed by atoms with Gasteiger partial charge in [0.1, 0.15) is 0 Å². The number of thioether (sulfide) groups is 1. The molecule has 0 N–H and O–H groups in total. The Balaban J connectivity index is 1.58. The molecule has 1 atom stereocenters. The quantitative estimate of drug-likeness (QED) is 0.526. The molecule has 5 nitrogen and oxygen atoms in total. The lowest BCUT2D eigenvalue weighted by atomic mass is 10.2. The highest BCUT2D eigenvalue weighted by Gasteiger charge is 2.18. The number of nitrogens with zero attached hydrogens (tertiary/aromatic N) is 4. The van der Waals surface area contributed by atoms with Gasteiger partial charge in [-0.1, -0.05) is 53.3 Å². The first kappa shape index (κ1) is 14.0. The zero-order valence-electron chi connectivity index (χ0n) is 12.5. The van der Waals surface area contributed by atoms with Crippen LogP contribution in [0.2, 0.25) is 0 Å². The minimum atomic E-state index is 0.0192. The van der Waals surface area contributed by atoms with Crippen molar-refractivity contribution in [2.45, 2.75) is 17.3 Å². The van der Waals surface area contributed by atoms with Crippen LogP contribution in [-0.2, 0) is 0 Å². The largest absolute Gasteiger partial charge is 0.338 e. The summed E-state index contributed by atoms with van der Waals surface area (Å²) in [4.78, 5) is 8.97. The second-order valence-corrected chi connectivity index (χ2v) is 6.43. The van der Waals surface area contributed by atoms with Crippen molar-refractivity contribution >= 4 is 17.3 Å². The summed E-state index contributed by atoms with van der Waals surface area (Å²) in [5.41, 5.74) is 2.02. The summed E-state index contributed by atoms with van der Waals surface area (Å²) in [7, 11) is 0. The smallest absolute Gasteiger partial charge is 0.240 e. The Hall–Kier alpha value is -2.60. The molecule has 0 amide bonds. The molecule has 1 unspecified atom stereocenters. The van der Waals surface area contributed by atoms with Crippen LogP contribution in [0.25, 0.3) is 16.9 Å². The Labute approximate surface area is 137 Å². The molecule has 6 heteroatoms. The highest BCUT2D eigenvalue weighted by Crippen LogP contribution is 2.34. The standard InChI is InChI=1S/C17H14N4OS/c1-12(23-17-18-11-14-9-5-6-10-21(14)17)16-19-15(20-22-16)13-7-3-2-4-8-13/h2-12H,1H3. The molecule has 114 valence electrons. The van der Waals surface area contributed by atoms with Gasteiger partial charge in [-0.25, -0.2) is 4.98 Å². The Morgan fingerprint density at radius 1 is 1.09 bits per heavy atom. The van der Waals surface area contributed by atoms with E-state index in [1.807, 2.05) is 67.8 Å². The fourth-order valence-electron chi connectivity index (χ4n) is 2.32. The van der Waals surface area contributed by atoms with Crippen molar-refractivity contribution in [3.05, 3.63) is 66.8 Å². The third kappa shape index (κ3) is 2.73. The number of hydrogen-bond acceptors (Lipinski definition) is 5. The second-order valence-electron chi connectivity index (χ2n) is 5.12. The molecule has 0 saturated heterocycles. The molecule has 0 spiro atoms. The predicted octanol–water partition coefficient (Wildman–Crippen LogP) is 4.24. The average molecular weight is 322 g/mol. The predicted molar refractivity (Wildman–Crippen MR) is 89.2 cm³/mol. The van der Waals surface area contributed by atoms with Gasteiger partial charge >= 0.3 is 0 Å². The van der Waals surface area contributed by atoms with E-state index < -0.39 is 0 Å². The summed E-state index contributed by atoms with van der Waals surface area (Å²) in [5.74, 6) is 1.21. The van der Waals surface area contributed by atoms with Gasteiger partial charge in [0.05, 0.1) is 17.0 Å². The van der Waals surface area contributed by atoms with Crippen molar-refractivity contribution in [1.29, 1.82) is 0 Å². The summed E-state index contributed by atoms with van der Waals surface area (Å²) in [5, 5.41) is 5.00. The highest BCUT2D eigenvalue weighted by atomic mass is 32.2. The molecule has 0 aliphatic carbocycles. The number of benzene rings is 1. The van der Waals surface area contributed by atoms with E-state index in [0.717, 1.165) is 16.2 Å². The number of imidazole rings is 1. The third-order valence-corrected chi connectivity index (χ3v) is 4.58. The van der Waals surface area contributed by atoms with E-state index in [9.17, 15) is 0 Å². The van der Waals surface area contributed by atoms with Crippen LogP contribution in [0.1, 0.15) is 18.1 Å². The summed E-state index contributed by atoms with van der Waals surface area (Å²) in [6.07, 6.45) is 3.86. The van der Waals surface area contributed by atoms with Gasteiger partial charge in [-0.15, -0.1) is 0 Å². The lowest BCUT2D eigenvalue weighted by molar-refractivity contribution is 0.380. The molecule has 3 aromatic heterocycles. The van der Waals surface area contributed by atoms with Crippen molar-refractivity contribution in [2.75, 3.05) is 0 Å². The van der Waals surface area contributed by atoms with E-state index in [2.05, 4.69) is 19.5 Å². The minimum Gasteiger partial charge on any atom is -0.338 e. The van der Waals surface area contributed by atoms with Crippen molar-refractivity contribution in [3.63, 3.8) is 0 Å². The van der Waals surface area contributed by atoms with Crippen LogP contribution < -0.4 is 0 Å². The van der Waals surface area contributed by atoms with E-state index in [1.165, 1.54) is 0 Å². The van der Waals surface area contributed by atoms with Crippen molar-refractivity contribution in [3.8, 4) is 11.4 Å². The normalized spacial score (nSPS) is 12.6. The van der Waals surface area contributed by atoms with Gasteiger partial charge in [0, 0.05) is 11.8 Å². The van der Waals surface area contributed by atoms with Crippen LogP contribution in [0.3, 0.4) is 0 Å². The number of rotatable bonds is 4. The Morgan fingerprint density at radius 2 is 1.91 bits per heavy atom. The molecular formula is C17H14N4OS. The molecule has 23 heavy (non-hydrogen) atoms. The Morgan fingerprint density at radius 3 is 2.78 bits per heavy atom. The molecule has 0 aliphatic heterocycles. The van der Waals surface area contributed by atoms with Gasteiger partial charge in [0.15, 0.2) is 5.16 Å². The maximum Gasteiger partial charge on any atom is 0.240 e. The first-order chi connectivity index (χ1) is 11.3. The van der Waals surface area contributed by atoms with E-state index in [0.29, 0.717) is 11.7 Å². The van der Waals surface area contributed by atoms with Crippen molar-refractivity contribution in [2.24, 2.45) is 0 Å². The number of aromatic nitrogens is 4. The maximum atomic E-state index is 5.42. The van der Waals surface area contributed by atoms with Gasteiger partial charge in [0.25, 0.3) is 0 Å². The number of fused-ring (bicyclic) bond motifs is 1. The van der Waals surface area contributed by atoms with Gasteiger partial charge in [-0.05, 0) is 19.1 Å². The van der Waals surface area contributed by atoms with Gasteiger partial charge < -0.3 is 4.52 Å². The number of hydrogen-bond donors (Lipinski definition) is 0. The molecule has 1 aromatic carbocycles. The van der Waals surface area contributed by atoms with Crippen LogP contribution >= 0.6 is 11.8 Å². The molecule has 0 aliphatic rings. The van der Waals surface area contributed by atoms with Gasteiger partial charge in [-0.3, -0.25) is 4.40 Å². The van der Waals surface area contributed by atoms with E-state index in [1.54, 1.807) is 11.8 Å². The first-order valence-electron chi connectivity index (χ1n) is 7.29. The second kappa shape index (κ2) is 5.89. The van der Waals surface area contributed by atoms with E-state index >= 15 is 0 Å². The zero-order valence-corrected chi connectivity index (χ0v) is 13.3. The molecule has 0 saturated carbocycles. The van der Waals surface area contributed by atoms with Crippen molar-refractivity contribution < 1.29 is 4.52 Å². The fraction of sp³-hybridized carbons (Fsp3) is 0.118. The van der Waals surface area contributed by atoms with Crippen LogP contribution in [0.15, 0.2) is 70.6 Å². The Bertz CT molecular complexity index is 932. The molecule has 0 fully saturated rings. The maximum absolute atomic E-state index is 5.42. The summed E-state index contributed by atoms with van der Waals surface area (Å²) in [6, 6.07) is 15.8. The zero-order chi connectivity index (χ0) is 15.6. The lowest BCUT2D eigenvalue weighted by Gasteiger charge is -2.05. The van der Waals surface area contributed by atoms with E-state index in [-0.39, 0.29) is 5.25 Å². The van der Waals surface area contributed by atoms with Gasteiger partial charge in [0.2, 0.25) is 11.7 Å². The Kier molecular flexibility index (Phi) is 3.59. The SMILES string of the molecule is CC(Sc1ncc2ccccn12)c1nc(-c2ccccc2)no1. The molecule has 4 aromatic rings. The molecular weight excluding hydrogens is 308 g/mol. The average Bonchev–Trinajstić information content (AvgIpc) is 3.24. The van der Waals surface area contributed by atoms with Crippen molar-refractivity contribution in [1.82, 2.24) is 19.5 Å².